The van der Waals surface area contributed by atoms with Crippen LogP contribution < -0.4 is 5.32 Å². The van der Waals surface area contributed by atoms with E-state index in [1.165, 1.54) is 51.6 Å². The first-order valence-electron chi connectivity index (χ1n) is 8.37. The molecule has 2 unspecified atom stereocenters. The molecule has 1 saturated carbocycles. The van der Waals surface area contributed by atoms with Crippen LogP contribution in [0.1, 0.15) is 63.9 Å². The summed E-state index contributed by atoms with van der Waals surface area (Å²) in [7, 11) is 0. The highest BCUT2D eigenvalue weighted by Crippen LogP contribution is 2.52. The van der Waals surface area contributed by atoms with Gasteiger partial charge in [0.2, 0.25) is 0 Å². The molecule has 2 fully saturated rings. The molecule has 110 valence electrons. The number of hydrogen-bond donors (Lipinski definition) is 1. The van der Waals surface area contributed by atoms with Crippen molar-refractivity contribution >= 4 is 0 Å². The van der Waals surface area contributed by atoms with Crippen LogP contribution in [-0.4, -0.2) is 13.1 Å². The van der Waals surface area contributed by atoms with E-state index in [0.717, 1.165) is 0 Å². The molecule has 1 heteroatoms. The Kier molecular flexibility index (Phi) is 3.90. The minimum Gasteiger partial charge on any atom is -0.316 e. The Morgan fingerprint density at radius 3 is 2.55 bits per heavy atom. The highest BCUT2D eigenvalue weighted by atomic mass is 14.9. The molecule has 1 nitrogen and oxygen atoms in total. The summed E-state index contributed by atoms with van der Waals surface area (Å²) in [4.78, 5) is 0. The van der Waals surface area contributed by atoms with Crippen LogP contribution in [0.2, 0.25) is 0 Å². The largest absolute Gasteiger partial charge is 0.316 e. The van der Waals surface area contributed by atoms with E-state index in [4.69, 9.17) is 0 Å². The lowest BCUT2D eigenvalue weighted by molar-refractivity contribution is 0.131. The van der Waals surface area contributed by atoms with E-state index in [1.54, 1.807) is 5.56 Å². The predicted molar refractivity (Wildman–Crippen MR) is 86.0 cm³/mol. The van der Waals surface area contributed by atoms with Crippen molar-refractivity contribution in [3.05, 3.63) is 35.9 Å². The Hall–Kier alpha value is -0.820. The maximum atomic E-state index is 3.65. The summed E-state index contributed by atoms with van der Waals surface area (Å²) in [6.07, 6.45) is 8.43. The molecule has 1 saturated heterocycles. The van der Waals surface area contributed by atoms with Gasteiger partial charge in [-0.15, -0.1) is 0 Å². The Balaban J connectivity index is 1.88. The van der Waals surface area contributed by atoms with Crippen molar-refractivity contribution < 1.29 is 0 Å². The molecule has 2 atom stereocenters. The monoisotopic (exact) mass is 271 g/mol. The number of hydrogen-bond acceptors (Lipinski definition) is 1. The van der Waals surface area contributed by atoms with Crippen molar-refractivity contribution in [2.24, 2.45) is 10.8 Å². The van der Waals surface area contributed by atoms with Crippen molar-refractivity contribution in [1.82, 2.24) is 5.32 Å². The number of rotatable bonds is 1. The first-order valence-corrected chi connectivity index (χ1v) is 8.37. The molecular formula is C19H29N. The van der Waals surface area contributed by atoms with E-state index in [-0.39, 0.29) is 0 Å². The van der Waals surface area contributed by atoms with Gasteiger partial charge in [0, 0.05) is 12.5 Å². The molecule has 1 aromatic rings. The second kappa shape index (κ2) is 5.52. The maximum Gasteiger partial charge on any atom is 0.00255 e. The van der Waals surface area contributed by atoms with Gasteiger partial charge >= 0.3 is 0 Å². The van der Waals surface area contributed by atoms with E-state index >= 15 is 0 Å². The van der Waals surface area contributed by atoms with Crippen LogP contribution in [0.15, 0.2) is 30.3 Å². The molecule has 1 heterocycles. The van der Waals surface area contributed by atoms with Gasteiger partial charge in [0.05, 0.1) is 0 Å². The molecule has 1 aliphatic carbocycles. The molecule has 1 aliphatic heterocycles. The van der Waals surface area contributed by atoms with Gasteiger partial charge in [-0.25, -0.2) is 0 Å². The number of nitrogens with one attached hydrogen (secondary N) is 1. The summed E-state index contributed by atoms with van der Waals surface area (Å²) in [6.45, 7) is 7.31. The van der Waals surface area contributed by atoms with Crippen LogP contribution in [0.4, 0.5) is 0 Å². The van der Waals surface area contributed by atoms with Gasteiger partial charge in [-0.3, -0.25) is 0 Å². The lowest BCUT2D eigenvalue weighted by Gasteiger charge is -2.45. The summed E-state index contributed by atoms with van der Waals surface area (Å²) in [5.41, 5.74) is 2.66. The van der Waals surface area contributed by atoms with Gasteiger partial charge < -0.3 is 5.32 Å². The third-order valence-electron chi connectivity index (χ3n) is 5.92. The van der Waals surface area contributed by atoms with Gasteiger partial charge in [0.15, 0.2) is 0 Å². The van der Waals surface area contributed by atoms with Gasteiger partial charge in [0.1, 0.15) is 0 Å². The van der Waals surface area contributed by atoms with Crippen molar-refractivity contribution in [3.8, 4) is 0 Å². The lowest BCUT2D eigenvalue weighted by atomic mass is 9.63. The van der Waals surface area contributed by atoms with Crippen molar-refractivity contribution in [2.75, 3.05) is 13.1 Å². The van der Waals surface area contributed by atoms with Crippen LogP contribution in [0.3, 0.4) is 0 Å². The van der Waals surface area contributed by atoms with Gasteiger partial charge in [-0.1, -0.05) is 50.6 Å². The van der Waals surface area contributed by atoms with E-state index in [0.29, 0.717) is 16.7 Å². The fraction of sp³-hybridized carbons (Fsp3) is 0.684. The Bertz CT molecular complexity index is 436. The smallest absolute Gasteiger partial charge is 0.00255 e. The molecule has 3 rings (SSSR count). The Morgan fingerprint density at radius 1 is 0.950 bits per heavy atom. The second-order valence-corrected chi connectivity index (χ2v) is 7.80. The van der Waals surface area contributed by atoms with E-state index in [9.17, 15) is 0 Å². The molecule has 1 spiro atoms. The zero-order chi connectivity index (χ0) is 14.1. The molecule has 0 bridgehead atoms. The van der Waals surface area contributed by atoms with Crippen LogP contribution in [-0.2, 0) is 0 Å². The van der Waals surface area contributed by atoms with Crippen molar-refractivity contribution in [2.45, 2.75) is 58.3 Å². The van der Waals surface area contributed by atoms with Gasteiger partial charge in [-0.2, -0.15) is 0 Å². The minimum atomic E-state index is 0.551. The molecule has 0 amide bonds. The summed E-state index contributed by atoms with van der Waals surface area (Å²) >= 11 is 0. The highest BCUT2D eigenvalue weighted by Gasteiger charge is 2.43. The fourth-order valence-corrected chi connectivity index (χ4v) is 4.49. The predicted octanol–water partition coefficient (Wildman–Crippen LogP) is 4.74. The summed E-state index contributed by atoms with van der Waals surface area (Å²) in [5.74, 6) is 0.714. The van der Waals surface area contributed by atoms with Crippen LogP contribution in [0.25, 0.3) is 0 Å². The zero-order valence-corrected chi connectivity index (χ0v) is 13.1. The van der Waals surface area contributed by atoms with Crippen LogP contribution >= 0.6 is 0 Å². The van der Waals surface area contributed by atoms with E-state index in [2.05, 4.69) is 49.5 Å². The van der Waals surface area contributed by atoms with E-state index < -0.39 is 0 Å². The number of piperidine rings is 1. The highest BCUT2D eigenvalue weighted by molar-refractivity contribution is 5.24. The average molecular weight is 271 g/mol. The Labute approximate surface area is 124 Å². The minimum absolute atomic E-state index is 0.551. The Morgan fingerprint density at radius 2 is 1.75 bits per heavy atom. The molecule has 20 heavy (non-hydrogen) atoms. The standard InChI is InChI=1S/C19H29N/c1-18(2)9-6-10-19(12-11-18)13-14-20-15-17(19)16-7-4-3-5-8-16/h3-5,7-8,17,20H,6,9-15H2,1-2H3. The topological polar surface area (TPSA) is 12.0 Å². The zero-order valence-electron chi connectivity index (χ0n) is 13.1. The third kappa shape index (κ3) is 2.79. The molecule has 0 radical (unpaired) electrons. The van der Waals surface area contributed by atoms with Crippen LogP contribution in [0, 0.1) is 10.8 Å². The average Bonchev–Trinajstić information content (AvgIpc) is 2.60. The van der Waals surface area contributed by atoms with E-state index in [1.807, 2.05) is 0 Å². The fourth-order valence-electron chi connectivity index (χ4n) is 4.49. The number of benzene rings is 1. The normalized spacial score (nSPS) is 33.8. The van der Waals surface area contributed by atoms with Crippen molar-refractivity contribution in [1.29, 1.82) is 0 Å². The van der Waals surface area contributed by atoms with Gasteiger partial charge in [0.25, 0.3) is 0 Å². The first-order chi connectivity index (χ1) is 9.61. The molecule has 0 aromatic heterocycles. The lowest BCUT2D eigenvalue weighted by Crippen LogP contribution is -2.43. The molecule has 2 aliphatic rings. The van der Waals surface area contributed by atoms with Crippen molar-refractivity contribution in [3.63, 3.8) is 0 Å². The summed E-state index contributed by atoms with van der Waals surface area (Å²) in [5, 5.41) is 3.65. The molecule has 1 N–H and O–H groups in total. The summed E-state index contributed by atoms with van der Waals surface area (Å²) in [6, 6.07) is 11.2. The van der Waals surface area contributed by atoms with Crippen LogP contribution in [0.5, 0.6) is 0 Å². The quantitative estimate of drug-likeness (QED) is 0.778. The SMILES string of the molecule is CC1(C)CCCC2(CCNCC2c2ccccc2)CC1. The van der Waals surface area contributed by atoms with Gasteiger partial charge in [-0.05, 0) is 55.0 Å². The maximum absolute atomic E-state index is 3.65. The molecule has 1 aromatic carbocycles. The first kappa shape index (κ1) is 14.1. The third-order valence-corrected chi connectivity index (χ3v) is 5.92. The molecular weight excluding hydrogens is 242 g/mol. The second-order valence-electron chi connectivity index (χ2n) is 7.80. The summed E-state index contributed by atoms with van der Waals surface area (Å²) < 4.78 is 0.